The molecule has 2 nitrogen and oxygen atoms in total. The first-order valence-corrected chi connectivity index (χ1v) is 6.12. The summed E-state index contributed by atoms with van der Waals surface area (Å²) in [6.07, 6.45) is 0.836. The average Bonchev–Trinajstić information content (AvgIpc) is 2.18. The molecular formula is C12H19NOS. The first kappa shape index (κ1) is 12.6. The van der Waals surface area contributed by atoms with Gasteiger partial charge in [0.1, 0.15) is 0 Å². The highest BCUT2D eigenvalue weighted by atomic mass is 32.2. The zero-order valence-corrected chi connectivity index (χ0v) is 10.2. The maximum atomic E-state index is 8.82. The Hall–Kier alpha value is -0.510. The molecule has 0 aliphatic rings. The molecule has 1 atom stereocenters. The van der Waals surface area contributed by atoms with Crippen molar-refractivity contribution in [3.8, 4) is 0 Å². The van der Waals surface area contributed by atoms with Crippen molar-refractivity contribution < 1.29 is 5.11 Å². The van der Waals surface area contributed by atoms with Crippen LogP contribution in [0.5, 0.6) is 0 Å². The van der Waals surface area contributed by atoms with Gasteiger partial charge in [0.15, 0.2) is 0 Å². The predicted molar refractivity (Wildman–Crippen MR) is 66.1 cm³/mol. The van der Waals surface area contributed by atoms with Gasteiger partial charge in [-0.2, -0.15) is 0 Å². The SMILES string of the molecule is Cc1cc(SC(C)CCO)ccc1CN. The molecule has 3 heteroatoms. The fourth-order valence-corrected chi connectivity index (χ4v) is 2.52. The van der Waals surface area contributed by atoms with Crippen LogP contribution in [0.15, 0.2) is 23.1 Å². The summed E-state index contributed by atoms with van der Waals surface area (Å²) in [6, 6.07) is 6.36. The molecule has 0 heterocycles. The van der Waals surface area contributed by atoms with E-state index in [4.69, 9.17) is 10.8 Å². The van der Waals surface area contributed by atoms with Crippen molar-refractivity contribution in [2.45, 2.75) is 37.0 Å². The highest BCUT2D eigenvalue weighted by Gasteiger charge is 2.05. The first-order chi connectivity index (χ1) is 7.17. The summed E-state index contributed by atoms with van der Waals surface area (Å²) in [5.41, 5.74) is 8.06. The van der Waals surface area contributed by atoms with Crippen LogP contribution in [0.3, 0.4) is 0 Å². The standard InChI is InChI=1S/C12H19NOS/c1-9-7-12(4-3-11(9)8-13)15-10(2)5-6-14/h3-4,7,10,14H,5-6,8,13H2,1-2H3. The summed E-state index contributed by atoms with van der Waals surface area (Å²) in [4.78, 5) is 1.26. The molecule has 0 bridgehead atoms. The molecule has 1 aromatic carbocycles. The highest BCUT2D eigenvalue weighted by molar-refractivity contribution is 7.99. The van der Waals surface area contributed by atoms with Crippen molar-refractivity contribution in [2.24, 2.45) is 5.73 Å². The van der Waals surface area contributed by atoms with E-state index in [0.717, 1.165) is 6.42 Å². The molecular weight excluding hydrogens is 206 g/mol. The van der Waals surface area contributed by atoms with Crippen molar-refractivity contribution in [1.29, 1.82) is 0 Å². The first-order valence-electron chi connectivity index (χ1n) is 5.24. The normalized spacial score (nSPS) is 12.8. The Kier molecular flexibility index (Phi) is 5.15. The summed E-state index contributed by atoms with van der Waals surface area (Å²) in [5.74, 6) is 0. The van der Waals surface area contributed by atoms with Crippen molar-refractivity contribution in [2.75, 3.05) is 6.61 Å². The van der Waals surface area contributed by atoms with Gasteiger partial charge in [-0.05, 0) is 36.6 Å². The highest BCUT2D eigenvalue weighted by Crippen LogP contribution is 2.26. The van der Waals surface area contributed by atoms with E-state index in [-0.39, 0.29) is 6.61 Å². The fraction of sp³-hybridized carbons (Fsp3) is 0.500. The van der Waals surface area contributed by atoms with Gasteiger partial charge in [-0.25, -0.2) is 0 Å². The number of benzene rings is 1. The Bertz CT molecular complexity index is 314. The maximum absolute atomic E-state index is 8.82. The van der Waals surface area contributed by atoms with E-state index in [1.165, 1.54) is 16.0 Å². The molecule has 1 unspecified atom stereocenters. The number of aliphatic hydroxyl groups is 1. The molecule has 1 aromatic rings. The van der Waals surface area contributed by atoms with E-state index in [9.17, 15) is 0 Å². The fourth-order valence-electron chi connectivity index (χ4n) is 1.44. The molecule has 15 heavy (non-hydrogen) atoms. The average molecular weight is 225 g/mol. The van der Waals surface area contributed by atoms with Gasteiger partial charge in [0.25, 0.3) is 0 Å². The second-order valence-electron chi connectivity index (χ2n) is 3.73. The Morgan fingerprint density at radius 3 is 2.73 bits per heavy atom. The monoisotopic (exact) mass is 225 g/mol. The van der Waals surface area contributed by atoms with Crippen LogP contribution in [0.1, 0.15) is 24.5 Å². The van der Waals surface area contributed by atoms with E-state index < -0.39 is 0 Å². The van der Waals surface area contributed by atoms with E-state index in [1.54, 1.807) is 11.8 Å². The van der Waals surface area contributed by atoms with E-state index in [0.29, 0.717) is 11.8 Å². The lowest BCUT2D eigenvalue weighted by Crippen LogP contribution is -2.01. The Morgan fingerprint density at radius 2 is 2.20 bits per heavy atom. The Morgan fingerprint density at radius 1 is 1.47 bits per heavy atom. The molecule has 0 saturated carbocycles. The largest absolute Gasteiger partial charge is 0.396 e. The lowest BCUT2D eigenvalue weighted by atomic mass is 10.1. The van der Waals surface area contributed by atoms with Gasteiger partial charge >= 0.3 is 0 Å². The number of aliphatic hydroxyl groups excluding tert-OH is 1. The molecule has 84 valence electrons. The Labute approximate surface area is 95.9 Å². The molecule has 0 radical (unpaired) electrons. The Balaban J connectivity index is 2.66. The zero-order valence-electron chi connectivity index (χ0n) is 9.36. The van der Waals surface area contributed by atoms with Crippen molar-refractivity contribution in [3.63, 3.8) is 0 Å². The molecule has 0 aromatic heterocycles. The zero-order chi connectivity index (χ0) is 11.3. The molecule has 1 rings (SSSR count). The lowest BCUT2D eigenvalue weighted by molar-refractivity contribution is 0.289. The van der Waals surface area contributed by atoms with E-state index in [1.807, 2.05) is 0 Å². The third-order valence-electron chi connectivity index (χ3n) is 2.41. The second-order valence-corrected chi connectivity index (χ2v) is 5.25. The smallest absolute Gasteiger partial charge is 0.0441 e. The topological polar surface area (TPSA) is 46.2 Å². The van der Waals surface area contributed by atoms with Crippen LogP contribution in [0.4, 0.5) is 0 Å². The number of thioether (sulfide) groups is 1. The van der Waals surface area contributed by atoms with Gasteiger partial charge in [0.05, 0.1) is 0 Å². The van der Waals surface area contributed by atoms with Crippen LogP contribution < -0.4 is 5.73 Å². The van der Waals surface area contributed by atoms with Crippen molar-refractivity contribution >= 4 is 11.8 Å². The maximum Gasteiger partial charge on any atom is 0.0441 e. The van der Waals surface area contributed by atoms with Gasteiger partial charge < -0.3 is 10.8 Å². The van der Waals surface area contributed by atoms with Crippen LogP contribution in [-0.4, -0.2) is 17.0 Å². The summed E-state index contributed by atoms with van der Waals surface area (Å²) in [5, 5.41) is 9.28. The molecule has 0 amide bonds. The van der Waals surface area contributed by atoms with Crippen LogP contribution in [0.2, 0.25) is 0 Å². The van der Waals surface area contributed by atoms with Crippen LogP contribution in [0.25, 0.3) is 0 Å². The van der Waals surface area contributed by atoms with Gasteiger partial charge in [0.2, 0.25) is 0 Å². The van der Waals surface area contributed by atoms with E-state index >= 15 is 0 Å². The number of rotatable bonds is 5. The van der Waals surface area contributed by atoms with Gasteiger partial charge in [-0.1, -0.05) is 13.0 Å². The summed E-state index contributed by atoms with van der Waals surface area (Å²) >= 11 is 1.80. The van der Waals surface area contributed by atoms with Crippen LogP contribution >= 0.6 is 11.8 Å². The molecule has 0 aliphatic carbocycles. The minimum absolute atomic E-state index is 0.258. The third-order valence-corrected chi connectivity index (χ3v) is 3.57. The van der Waals surface area contributed by atoms with Gasteiger partial charge in [0, 0.05) is 23.3 Å². The number of hydrogen-bond acceptors (Lipinski definition) is 3. The van der Waals surface area contributed by atoms with Crippen molar-refractivity contribution in [1.82, 2.24) is 0 Å². The predicted octanol–water partition coefficient (Wildman–Crippen LogP) is 2.32. The summed E-state index contributed by atoms with van der Waals surface area (Å²) in [6.45, 7) is 5.08. The molecule has 0 saturated heterocycles. The summed E-state index contributed by atoms with van der Waals surface area (Å²) < 4.78 is 0. The molecule has 0 spiro atoms. The van der Waals surface area contributed by atoms with Crippen molar-refractivity contribution in [3.05, 3.63) is 29.3 Å². The van der Waals surface area contributed by atoms with Crippen LogP contribution in [0, 0.1) is 6.92 Å². The van der Waals surface area contributed by atoms with Crippen LogP contribution in [-0.2, 0) is 6.54 Å². The number of hydrogen-bond donors (Lipinski definition) is 2. The minimum atomic E-state index is 0.258. The quantitative estimate of drug-likeness (QED) is 0.756. The van der Waals surface area contributed by atoms with E-state index in [2.05, 4.69) is 32.0 Å². The second kappa shape index (κ2) is 6.16. The number of aryl methyl sites for hydroxylation is 1. The minimum Gasteiger partial charge on any atom is -0.396 e. The van der Waals surface area contributed by atoms with Gasteiger partial charge in [-0.15, -0.1) is 11.8 Å². The molecule has 0 fully saturated rings. The molecule has 0 aliphatic heterocycles. The summed E-state index contributed by atoms with van der Waals surface area (Å²) in [7, 11) is 0. The third kappa shape index (κ3) is 3.86. The van der Waals surface area contributed by atoms with Gasteiger partial charge in [-0.3, -0.25) is 0 Å². The lowest BCUT2D eigenvalue weighted by Gasteiger charge is -2.11. The number of nitrogens with two attached hydrogens (primary N) is 1. The molecule has 3 N–H and O–H groups in total.